The Balaban J connectivity index is 1.26. The van der Waals surface area contributed by atoms with E-state index < -0.39 is 0 Å². The highest BCUT2D eigenvalue weighted by molar-refractivity contribution is 6.22. The van der Waals surface area contributed by atoms with Crippen LogP contribution in [-0.2, 0) is 0 Å². The Bertz CT molecular complexity index is 3230. The van der Waals surface area contributed by atoms with Gasteiger partial charge in [0, 0.05) is 0 Å². The molecule has 0 aromatic heterocycles. The molecule has 11 aromatic rings. The molecule has 0 fully saturated rings. The maximum absolute atomic E-state index is 2.47. The molecule has 0 heterocycles. The van der Waals surface area contributed by atoms with Crippen molar-refractivity contribution < 1.29 is 0 Å². The van der Waals surface area contributed by atoms with Crippen molar-refractivity contribution in [2.24, 2.45) is 0 Å². The molecule has 0 saturated heterocycles. The molecule has 0 nitrogen and oxygen atoms in total. The van der Waals surface area contributed by atoms with E-state index in [-0.39, 0.29) is 0 Å². The van der Waals surface area contributed by atoms with Crippen LogP contribution in [0.25, 0.3) is 109 Å². The van der Waals surface area contributed by atoms with Crippen molar-refractivity contribution in [1.29, 1.82) is 0 Å². The summed E-state index contributed by atoms with van der Waals surface area (Å²) in [6.45, 7) is 0. The predicted molar refractivity (Wildman–Crippen MR) is 241 cm³/mol. The number of fused-ring (bicyclic) bond motifs is 5. The fraction of sp³-hybridized carbons (Fsp3) is 0. The van der Waals surface area contributed by atoms with Crippen molar-refractivity contribution in [3.05, 3.63) is 218 Å². The van der Waals surface area contributed by atoms with Gasteiger partial charge in [-0.3, -0.25) is 0 Å². The number of rotatable bonds is 5. The van der Waals surface area contributed by atoms with Gasteiger partial charge in [-0.1, -0.05) is 212 Å². The molecule has 0 spiro atoms. The van der Waals surface area contributed by atoms with Gasteiger partial charge in [0.2, 0.25) is 0 Å². The van der Waals surface area contributed by atoms with Crippen LogP contribution in [0.3, 0.4) is 0 Å². The minimum Gasteiger partial charge on any atom is -0.0622 e. The van der Waals surface area contributed by atoms with Gasteiger partial charge < -0.3 is 0 Å². The molecule has 0 unspecified atom stereocenters. The van der Waals surface area contributed by atoms with Crippen LogP contribution in [0, 0.1) is 0 Å². The van der Waals surface area contributed by atoms with Crippen LogP contribution < -0.4 is 0 Å². The summed E-state index contributed by atoms with van der Waals surface area (Å²) in [5.74, 6) is 0. The fourth-order valence-corrected chi connectivity index (χ4v) is 9.20. The Labute approximate surface area is 326 Å². The Kier molecular flexibility index (Phi) is 7.60. The SMILES string of the molecule is c1ccc(-c2c3ccccc3c(-c3ccc4ccc(-c5cccc6ccccc56)c(-c5ccccc5-c5cccc6ccccc56)c4c3)c3ccccc23)cc1. The Morgan fingerprint density at radius 3 is 1.20 bits per heavy atom. The highest BCUT2D eigenvalue weighted by atomic mass is 14.2. The van der Waals surface area contributed by atoms with Gasteiger partial charge in [-0.2, -0.15) is 0 Å². The monoisotopic (exact) mass is 708 g/mol. The van der Waals surface area contributed by atoms with E-state index in [0.717, 1.165) is 0 Å². The molecule has 0 radical (unpaired) electrons. The van der Waals surface area contributed by atoms with Crippen LogP contribution in [0.5, 0.6) is 0 Å². The van der Waals surface area contributed by atoms with Crippen molar-refractivity contribution in [2.75, 3.05) is 0 Å². The smallest absolute Gasteiger partial charge is 0.00201 e. The first-order chi connectivity index (χ1) is 27.8. The Morgan fingerprint density at radius 1 is 0.179 bits per heavy atom. The third kappa shape index (κ3) is 5.15. The molecular formula is C56H36. The third-order valence-corrected chi connectivity index (χ3v) is 11.7. The summed E-state index contributed by atoms with van der Waals surface area (Å²) >= 11 is 0. The van der Waals surface area contributed by atoms with E-state index in [1.807, 2.05) is 0 Å². The lowest BCUT2D eigenvalue weighted by Crippen LogP contribution is -1.94. The topological polar surface area (TPSA) is 0 Å². The minimum absolute atomic E-state index is 1.21. The molecule has 0 saturated carbocycles. The lowest BCUT2D eigenvalue weighted by atomic mass is 9.82. The summed E-state index contributed by atoms with van der Waals surface area (Å²) < 4.78 is 0. The molecule has 0 aliphatic heterocycles. The zero-order chi connectivity index (χ0) is 37.0. The van der Waals surface area contributed by atoms with Gasteiger partial charge >= 0.3 is 0 Å². The molecule has 0 bridgehead atoms. The van der Waals surface area contributed by atoms with Crippen LogP contribution >= 0.6 is 0 Å². The normalized spacial score (nSPS) is 11.6. The van der Waals surface area contributed by atoms with E-state index >= 15 is 0 Å². The molecule has 0 aliphatic carbocycles. The standard InChI is InChI=1S/C56H36/c1-2-18-40(19-3-1)54-48-26-10-12-28-50(48)55(51-29-13-11-27-49(51)54)41-33-32-39-34-35-52(45-31-15-21-38-17-5-7-23-43(38)45)56(53(39)36-41)47-25-9-8-24-46(47)44-30-14-20-37-16-4-6-22-42(37)44/h1-36H. The molecule has 0 heteroatoms. The second-order valence-corrected chi connectivity index (χ2v) is 14.7. The van der Waals surface area contributed by atoms with Gasteiger partial charge in [0.05, 0.1) is 0 Å². The summed E-state index contributed by atoms with van der Waals surface area (Å²) in [5.41, 5.74) is 12.4. The van der Waals surface area contributed by atoms with E-state index in [2.05, 4.69) is 218 Å². The van der Waals surface area contributed by atoms with E-state index in [4.69, 9.17) is 0 Å². The summed E-state index contributed by atoms with van der Waals surface area (Å²) in [4.78, 5) is 0. The Hall–Kier alpha value is -7.28. The first kappa shape index (κ1) is 32.2. The second kappa shape index (κ2) is 13.2. The molecule has 0 aliphatic rings. The second-order valence-electron chi connectivity index (χ2n) is 14.7. The van der Waals surface area contributed by atoms with Crippen LogP contribution in [0.2, 0.25) is 0 Å². The highest BCUT2D eigenvalue weighted by Gasteiger charge is 2.21. The van der Waals surface area contributed by atoms with E-state index in [0.29, 0.717) is 0 Å². The molecule has 56 heavy (non-hydrogen) atoms. The van der Waals surface area contributed by atoms with Gasteiger partial charge in [0.25, 0.3) is 0 Å². The predicted octanol–water partition coefficient (Wildman–Crippen LogP) is 15.8. The van der Waals surface area contributed by atoms with Gasteiger partial charge in [-0.25, -0.2) is 0 Å². The summed E-state index contributed by atoms with van der Waals surface area (Å²) in [5, 5.41) is 12.5. The van der Waals surface area contributed by atoms with E-state index in [1.165, 1.54) is 109 Å². The zero-order valence-electron chi connectivity index (χ0n) is 30.8. The number of benzene rings is 11. The van der Waals surface area contributed by atoms with Crippen LogP contribution in [0.4, 0.5) is 0 Å². The van der Waals surface area contributed by atoms with Crippen LogP contribution in [0.1, 0.15) is 0 Å². The summed E-state index contributed by atoms with van der Waals surface area (Å²) in [7, 11) is 0. The fourth-order valence-electron chi connectivity index (χ4n) is 9.20. The van der Waals surface area contributed by atoms with Gasteiger partial charge in [0.15, 0.2) is 0 Å². The number of hydrogen-bond donors (Lipinski definition) is 0. The largest absolute Gasteiger partial charge is 0.0622 e. The molecule has 11 aromatic carbocycles. The van der Waals surface area contributed by atoms with Crippen molar-refractivity contribution in [1.82, 2.24) is 0 Å². The first-order valence-electron chi connectivity index (χ1n) is 19.4. The van der Waals surface area contributed by atoms with E-state index in [1.54, 1.807) is 0 Å². The molecule has 260 valence electrons. The lowest BCUT2D eigenvalue weighted by Gasteiger charge is -2.21. The first-order valence-corrected chi connectivity index (χ1v) is 19.4. The van der Waals surface area contributed by atoms with Gasteiger partial charge in [-0.15, -0.1) is 0 Å². The quantitative estimate of drug-likeness (QED) is 0.156. The number of hydrogen-bond acceptors (Lipinski definition) is 0. The Morgan fingerprint density at radius 2 is 0.589 bits per heavy atom. The summed E-state index contributed by atoms with van der Waals surface area (Å²) in [6.07, 6.45) is 0. The maximum atomic E-state index is 2.47. The highest BCUT2D eigenvalue weighted by Crippen LogP contribution is 2.48. The zero-order valence-corrected chi connectivity index (χ0v) is 30.8. The minimum atomic E-state index is 1.21. The van der Waals surface area contributed by atoms with Crippen LogP contribution in [0.15, 0.2) is 218 Å². The molecular weight excluding hydrogens is 673 g/mol. The average Bonchev–Trinajstić information content (AvgIpc) is 3.27. The van der Waals surface area contributed by atoms with Crippen molar-refractivity contribution in [3.8, 4) is 55.6 Å². The van der Waals surface area contributed by atoms with E-state index in [9.17, 15) is 0 Å². The molecule has 0 amide bonds. The third-order valence-electron chi connectivity index (χ3n) is 11.7. The summed E-state index contributed by atoms with van der Waals surface area (Å²) in [6, 6.07) is 80.4. The van der Waals surface area contributed by atoms with Crippen molar-refractivity contribution in [3.63, 3.8) is 0 Å². The van der Waals surface area contributed by atoms with Crippen molar-refractivity contribution >= 4 is 53.9 Å². The lowest BCUT2D eigenvalue weighted by molar-refractivity contribution is 1.60. The molecule has 0 atom stereocenters. The molecule has 11 rings (SSSR count). The maximum Gasteiger partial charge on any atom is -0.00201 e. The van der Waals surface area contributed by atoms with Gasteiger partial charge in [0.1, 0.15) is 0 Å². The molecule has 0 N–H and O–H groups in total. The average molecular weight is 709 g/mol. The van der Waals surface area contributed by atoms with Crippen molar-refractivity contribution in [2.45, 2.75) is 0 Å². The van der Waals surface area contributed by atoms with Gasteiger partial charge in [-0.05, 0) is 116 Å². The van der Waals surface area contributed by atoms with Crippen LogP contribution in [-0.4, -0.2) is 0 Å².